The zero-order valence-electron chi connectivity index (χ0n) is 12.2. The minimum atomic E-state index is -3.47. The number of halogens is 1. The van der Waals surface area contributed by atoms with Crippen LogP contribution in [0.15, 0.2) is 29.2 Å². The van der Waals surface area contributed by atoms with Crippen LogP contribution in [0.25, 0.3) is 0 Å². The third-order valence-electron chi connectivity index (χ3n) is 5.15. The van der Waals surface area contributed by atoms with Crippen LogP contribution in [0.5, 0.6) is 0 Å². The number of nitrogens with zero attached hydrogens (tertiary/aromatic N) is 1. The predicted molar refractivity (Wildman–Crippen MR) is 79.9 cm³/mol. The highest BCUT2D eigenvalue weighted by Gasteiger charge is 2.38. The standard InChI is InChI=1S/C16H22FNO2S/c17-14-4-6-15(7-5-14)21(19,20)18-12-10-16(11-13-18)8-2-1-3-9-16/h4-7H,1-3,8-13H2. The van der Waals surface area contributed by atoms with Crippen LogP contribution in [0.2, 0.25) is 0 Å². The van der Waals surface area contributed by atoms with Crippen molar-refractivity contribution in [3.05, 3.63) is 30.1 Å². The van der Waals surface area contributed by atoms with Gasteiger partial charge < -0.3 is 0 Å². The molecular weight excluding hydrogens is 289 g/mol. The summed E-state index contributed by atoms with van der Waals surface area (Å²) in [5.74, 6) is -0.409. The van der Waals surface area contributed by atoms with Crippen molar-refractivity contribution >= 4 is 10.0 Å². The molecule has 0 radical (unpaired) electrons. The molecule has 1 heterocycles. The minimum absolute atomic E-state index is 0.198. The lowest BCUT2D eigenvalue weighted by atomic mass is 9.68. The van der Waals surface area contributed by atoms with E-state index in [1.165, 1.54) is 56.4 Å². The van der Waals surface area contributed by atoms with Gasteiger partial charge in [0.1, 0.15) is 5.82 Å². The molecule has 0 N–H and O–H groups in total. The lowest BCUT2D eigenvalue weighted by Gasteiger charge is -2.43. The normalized spacial score (nSPS) is 23.3. The summed E-state index contributed by atoms with van der Waals surface area (Å²) in [5.41, 5.74) is 0.382. The molecule has 0 atom stereocenters. The molecule has 1 aromatic rings. The van der Waals surface area contributed by atoms with Gasteiger partial charge in [0.2, 0.25) is 10.0 Å². The van der Waals surface area contributed by atoms with Gasteiger partial charge in [-0.2, -0.15) is 4.31 Å². The lowest BCUT2D eigenvalue weighted by molar-refractivity contribution is 0.102. The molecule has 1 aliphatic carbocycles. The monoisotopic (exact) mass is 311 g/mol. The Labute approximate surface area is 126 Å². The highest BCUT2D eigenvalue weighted by Crippen LogP contribution is 2.45. The molecule has 1 saturated heterocycles. The van der Waals surface area contributed by atoms with Crippen molar-refractivity contribution in [2.24, 2.45) is 5.41 Å². The van der Waals surface area contributed by atoms with Crippen LogP contribution in [0.3, 0.4) is 0 Å². The average molecular weight is 311 g/mol. The third kappa shape index (κ3) is 2.99. The first kappa shape index (κ1) is 15.0. The second-order valence-corrected chi connectivity index (χ2v) is 8.36. The second-order valence-electron chi connectivity index (χ2n) is 6.42. The molecule has 0 bridgehead atoms. The Hall–Kier alpha value is -0.940. The summed E-state index contributed by atoms with van der Waals surface area (Å²) in [6.07, 6.45) is 8.31. The number of benzene rings is 1. The van der Waals surface area contributed by atoms with Crippen molar-refractivity contribution < 1.29 is 12.8 Å². The van der Waals surface area contributed by atoms with Crippen molar-refractivity contribution in [3.63, 3.8) is 0 Å². The summed E-state index contributed by atoms with van der Waals surface area (Å²) in [7, 11) is -3.47. The summed E-state index contributed by atoms with van der Waals surface area (Å²) in [5, 5.41) is 0. The fraction of sp³-hybridized carbons (Fsp3) is 0.625. The zero-order chi connectivity index (χ0) is 14.9. The Morgan fingerprint density at radius 3 is 2.05 bits per heavy atom. The largest absolute Gasteiger partial charge is 0.243 e. The lowest BCUT2D eigenvalue weighted by Crippen LogP contribution is -2.43. The number of hydrogen-bond acceptors (Lipinski definition) is 2. The molecule has 3 rings (SSSR count). The Bertz CT molecular complexity index is 581. The molecule has 116 valence electrons. The van der Waals surface area contributed by atoms with E-state index in [-0.39, 0.29) is 4.90 Å². The van der Waals surface area contributed by atoms with Crippen LogP contribution in [0.1, 0.15) is 44.9 Å². The average Bonchev–Trinajstić information content (AvgIpc) is 2.49. The molecule has 5 heteroatoms. The van der Waals surface area contributed by atoms with Crippen molar-refractivity contribution in [2.45, 2.75) is 49.8 Å². The SMILES string of the molecule is O=S(=O)(c1ccc(F)cc1)N1CCC2(CCCCC2)CC1. The number of rotatable bonds is 2. The Morgan fingerprint density at radius 2 is 1.48 bits per heavy atom. The number of sulfonamides is 1. The molecular formula is C16H22FNO2S. The molecule has 21 heavy (non-hydrogen) atoms. The van der Waals surface area contributed by atoms with Crippen LogP contribution in [-0.2, 0) is 10.0 Å². The molecule has 2 fully saturated rings. The van der Waals surface area contributed by atoms with Crippen LogP contribution >= 0.6 is 0 Å². The molecule has 1 aliphatic heterocycles. The van der Waals surface area contributed by atoms with E-state index < -0.39 is 15.8 Å². The van der Waals surface area contributed by atoms with Gasteiger partial charge in [-0.25, -0.2) is 12.8 Å². The van der Waals surface area contributed by atoms with Gasteiger partial charge in [-0.1, -0.05) is 19.3 Å². The topological polar surface area (TPSA) is 37.4 Å². The Morgan fingerprint density at radius 1 is 0.905 bits per heavy atom. The smallest absolute Gasteiger partial charge is 0.207 e. The molecule has 0 aromatic heterocycles. The predicted octanol–water partition coefficient (Wildman–Crippen LogP) is 3.56. The first-order valence-electron chi connectivity index (χ1n) is 7.78. The van der Waals surface area contributed by atoms with Crippen molar-refractivity contribution in [3.8, 4) is 0 Å². The minimum Gasteiger partial charge on any atom is -0.207 e. The highest BCUT2D eigenvalue weighted by atomic mass is 32.2. The summed E-state index contributed by atoms with van der Waals surface area (Å²) in [4.78, 5) is 0.198. The van der Waals surface area contributed by atoms with Crippen LogP contribution < -0.4 is 0 Å². The van der Waals surface area contributed by atoms with E-state index in [1.54, 1.807) is 4.31 Å². The van der Waals surface area contributed by atoms with Gasteiger partial charge in [0.05, 0.1) is 4.90 Å². The maximum atomic E-state index is 12.9. The van der Waals surface area contributed by atoms with Gasteiger partial charge >= 0.3 is 0 Å². The van der Waals surface area contributed by atoms with Crippen LogP contribution in [0.4, 0.5) is 4.39 Å². The molecule has 1 aromatic carbocycles. The molecule has 2 aliphatic rings. The molecule has 1 spiro atoms. The van der Waals surface area contributed by atoms with Gasteiger partial charge in [-0.05, 0) is 55.4 Å². The Kier molecular flexibility index (Phi) is 4.06. The van der Waals surface area contributed by atoms with Crippen LogP contribution in [0, 0.1) is 11.2 Å². The van der Waals surface area contributed by atoms with E-state index in [2.05, 4.69) is 0 Å². The fourth-order valence-electron chi connectivity index (χ4n) is 3.76. The summed E-state index contributed by atoms with van der Waals surface area (Å²) in [6.45, 7) is 1.19. The van der Waals surface area contributed by atoms with Crippen molar-refractivity contribution in [1.29, 1.82) is 0 Å². The van der Waals surface area contributed by atoms with Gasteiger partial charge in [-0.3, -0.25) is 0 Å². The third-order valence-corrected chi connectivity index (χ3v) is 7.06. The summed E-state index contributed by atoms with van der Waals surface area (Å²) < 4.78 is 39.7. The second kappa shape index (κ2) is 5.69. The molecule has 0 amide bonds. The zero-order valence-corrected chi connectivity index (χ0v) is 13.0. The van der Waals surface area contributed by atoms with E-state index in [4.69, 9.17) is 0 Å². The highest BCUT2D eigenvalue weighted by molar-refractivity contribution is 7.89. The quantitative estimate of drug-likeness (QED) is 0.837. The van der Waals surface area contributed by atoms with E-state index in [1.807, 2.05) is 0 Å². The van der Waals surface area contributed by atoms with E-state index in [0.717, 1.165) is 12.8 Å². The molecule has 0 unspecified atom stereocenters. The van der Waals surface area contributed by atoms with Crippen molar-refractivity contribution in [2.75, 3.05) is 13.1 Å². The van der Waals surface area contributed by atoms with E-state index in [0.29, 0.717) is 18.5 Å². The van der Waals surface area contributed by atoms with Gasteiger partial charge in [0.15, 0.2) is 0 Å². The van der Waals surface area contributed by atoms with Gasteiger partial charge in [-0.15, -0.1) is 0 Å². The first-order chi connectivity index (χ1) is 10.0. The fourth-order valence-corrected chi connectivity index (χ4v) is 5.20. The van der Waals surface area contributed by atoms with Crippen molar-refractivity contribution in [1.82, 2.24) is 4.31 Å². The maximum absolute atomic E-state index is 12.9. The van der Waals surface area contributed by atoms with Crippen LogP contribution in [-0.4, -0.2) is 25.8 Å². The Balaban J connectivity index is 1.72. The summed E-state index contributed by atoms with van der Waals surface area (Å²) in [6, 6.07) is 5.13. The number of hydrogen-bond donors (Lipinski definition) is 0. The van der Waals surface area contributed by atoms with E-state index >= 15 is 0 Å². The number of piperidine rings is 1. The van der Waals surface area contributed by atoms with Gasteiger partial charge in [0.25, 0.3) is 0 Å². The molecule has 1 saturated carbocycles. The van der Waals surface area contributed by atoms with Gasteiger partial charge in [0, 0.05) is 13.1 Å². The van der Waals surface area contributed by atoms with E-state index in [9.17, 15) is 12.8 Å². The molecule has 3 nitrogen and oxygen atoms in total. The maximum Gasteiger partial charge on any atom is 0.243 e. The first-order valence-corrected chi connectivity index (χ1v) is 9.22. The summed E-state index contributed by atoms with van der Waals surface area (Å²) >= 11 is 0.